The molecule has 2 aromatic rings. The minimum absolute atomic E-state index is 0.00962. The van der Waals surface area contributed by atoms with Gasteiger partial charge in [0, 0.05) is 22.3 Å². The first-order valence-electron chi connectivity index (χ1n) is 7.06. The number of halogens is 4. The number of aromatic nitrogens is 2. The molecule has 1 atom stereocenters. The van der Waals surface area contributed by atoms with Crippen LogP contribution in [-0.2, 0) is 6.18 Å². The van der Waals surface area contributed by atoms with Crippen LogP contribution in [0.4, 0.5) is 30.6 Å². The quantitative estimate of drug-likeness (QED) is 0.699. The molecule has 0 amide bonds. The molecule has 5 nitrogen and oxygen atoms in total. The van der Waals surface area contributed by atoms with Crippen molar-refractivity contribution < 1.29 is 18.3 Å². The van der Waals surface area contributed by atoms with Crippen LogP contribution < -0.4 is 10.6 Å². The van der Waals surface area contributed by atoms with Crippen molar-refractivity contribution in [3.63, 3.8) is 0 Å². The lowest BCUT2D eigenvalue weighted by molar-refractivity contribution is -0.141. The minimum Gasteiger partial charge on any atom is -0.394 e. The Morgan fingerprint density at radius 3 is 2.54 bits per heavy atom. The topological polar surface area (TPSA) is 70.1 Å². The molecule has 1 heterocycles. The zero-order valence-electron chi connectivity index (χ0n) is 12.9. The minimum atomic E-state index is -4.60. The number of alkyl halides is 3. The van der Waals surface area contributed by atoms with Gasteiger partial charge >= 0.3 is 6.18 Å². The molecule has 0 saturated heterocycles. The van der Waals surface area contributed by atoms with E-state index in [1.807, 2.05) is 13.0 Å². The van der Waals surface area contributed by atoms with Crippen molar-refractivity contribution in [2.45, 2.75) is 26.1 Å². The number of benzene rings is 1. The molecule has 0 fully saturated rings. The highest BCUT2D eigenvalue weighted by Gasteiger charge is 2.34. The van der Waals surface area contributed by atoms with Gasteiger partial charge in [-0.3, -0.25) is 0 Å². The lowest BCUT2D eigenvalue weighted by Crippen LogP contribution is -2.22. The van der Waals surface area contributed by atoms with Crippen LogP contribution in [0.2, 0.25) is 0 Å². The maximum absolute atomic E-state index is 13.0. The van der Waals surface area contributed by atoms with Crippen LogP contribution in [0.25, 0.3) is 0 Å². The summed E-state index contributed by atoms with van der Waals surface area (Å²) in [5.74, 6) is -0.195. The van der Waals surface area contributed by atoms with Gasteiger partial charge < -0.3 is 15.7 Å². The first kappa shape index (κ1) is 18.5. The molecule has 1 aromatic heterocycles. The zero-order chi connectivity index (χ0) is 17.9. The average molecular weight is 405 g/mol. The van der Waals surface area contributed by atoms with Crippen LogP contribution in [-0.4, -0.2) is 27.7 Å². The van der Waals surface area contributed by atoms with E-state index in [0.29, 0.717) is 5.69 Å². The number of hydrogen-bond donors (Lipinski definition) is 3. The van der Waals surface area contributed by atoms with Gasteiger partial charge in [-0.2, -0.15) is 18.2 Å². The Kier molecular flexibility index (Phi) is 5.66. The Morgan fingerprint density at radius 1 is 1.25 bits per heavy atom. The second-order valence-corrected chi connectivity index (χ2v) is 6.19. The van der Waals surface area contributed by atoms with E-state index in [0.717, 1.165) is 16.1 Å². The standard InChI is InChI=1S/C15H16BrF3N4O/c1-8-5-10(16)3-4-11(8)21-13-6-12(15(17,18)19)22-14(23-13)20-9(2)7-24/h3-6,9,24H,7H2,1-2H3,(H2,20,21,22,23)/t9-/m0/s1. The third kappa shape index (κ3) is 4.81. The molecule has 130 valence electrons. The predicted molar refractivity (Wildman–Crippen MR) is 89.4 cm³/mol. The van der Waals surface area contributed by atoms with Gasteiger partial charge in [-0.1, -0.05) is 15.9 Å². The fourth-order valence-corrected chi connectivity index (χ4v) is 2.37. The van der Waals surface area contributed by atoms with E-state index in [4.69, 9.17) is 5.11 Å². The van der Waals surface area contributed by atoms with E-state index < -0.39 is 17.9 Å². The van der Waals surface area contributed by atoms with Gasteiger partial charge in [-0.05, 0) is 37.6 Å². The highest BCUT2D eigenvalue weighted by molar-refractivity contribution is 9.10. The number of nitrogens with zero attached hydrogens (tertiary/aromatic N) is 2. The number of anilines is 3. The number of hydrogen-bond acceptors (Lipinski definition) is 5. The summed E-state index contributed by atoms with van der Waals surface area (Å²) in [7, 11) is 0. The summed E-state index contributed by atoms with van der Waals surface area (Å²) >= 11 is 3.33. The van der Waals surface area contributed by atoms with Crippen molar-refractivity contribution in [1.82, 2.24) is 9.97 Å². The molecule has 1 aromatic carbocycles. The smallest absolute Gasteiger partial charge is 0.394 e. The van der Waals surface area contributed by atoms with E-state index in [2.05, 4.69) is 36.5 Å². The second-order valence-electron chi connectivity index (χ2n) is 5.27. The van der Waals surface area contributed by atoms with Crippen LogP contribution in [0.3, 0.4) is 0 Å². The molecule has 24 heavy (non-hydrogen) atoms. The molecule has 0 saturated carbocycles. The van der Waals surface area contributed by atoms with Crippen molar-refractivity contribution in [1.29, 1.82) is 0 Å². The monoisotopic (exact) mass is 404 g/mol. The van der Waals surface area contributed by atoms with Crippen molar-refractivity contribution >= 4 is 33.4 Å². The van der Waals surface area contributed by atoms with Crippen LogP contribution in [0.1, 0.15) is 18.2 Å². The Hall–Kier alpha value is -1.87. The highest BCUT2D eigenvalue weighted by atomic mass is 79.9. The molecular formula is C15H16BrF3N4O. The van der Waals surface area contributed by atoms with Crippen LogP contribution in [0.15, 0.2) is 28.7 Å². The molecule has 0 radical (unpaired) electrons. The first-order chi connectivity index (χ1) is 11.2. The van der Waals surface area contributed by atoms with Gasteiger partial charge in [-0.15, -0.1) is 0 Å². The Balaban J connectivity index is 2.38. The highest BCUT2D eigenvalue weighted by Crippen LogP contribution is 2.31. The molecule has 0 aliphatic carbocycles. The summed E-state index contributed by atoms with van der Waals surface area (Å²) in [4.78, 5) is 7.50. The van der Waals surface area contributed by atoms with Gasteiger partial charge in [-0.25, -0.2) is 4.98 Å². The fourth-order valence-electron chi connectivity index (χ4n) is 1.89. The predicted octanol–water partition coefficient (Wildman–Crippen LogP) is 4.10. The lowest BCUT2D eigenvalue weighted by atomic mass is 10.2. The van der Waals surface area contributed by atoms with Gasteiger partial charge in [0.05, 0.1) is 6.61 Å². The molecular weight excluding hydrogens is 389 g/mol. The summed E-state index contributed by atoms with van der Waals surface area (Å²) in [6, 6.07) is 5.71. The molecule has 3 N–H and O–H groups in total. The van der Waals surface area contributed by atoms with E-state index in [1.54, 1.807) is 19.1 Å². The summed E-state index contributed by atoms with van der Waals surface area (Å²) in [6.45, 7) is 3.18. The Bertz CT molecular complexity index is 724. The average Bonchev–Trinajstić information content (AvgIpc) is 2.49. The maximum atomic E-state index is 13.0. The van der Waals surface area contributed by atoms with Crippen molar-refractivity contribution in [2.24, 2.45) is 0 Å². The molecule has 2 rings (SSSR count). The van der Waals surface area contributed by atoms with Crippen molar-refractivity contribution in [3.05, 3.63) is 40.0 Å². The van der Waals surface area contributed by atoms with E-state index in [1.165, 1.54) is 0 Å². The fraction of sp³-hybridized carbons (Fsp3) is 0.333. The van der Waals surface area contributed by atoms with Crippen molar-refractivity contribution in [3.8, 4) is 0 Å². The number of aliphatic hydroxyl groups excluding tert-OH is 1. The SMILES string of the molecule is Cc1cc(Br)ccc1Nc1cc(C(F)(F)F)nc(N[C@@H](C)CO)n1. The number of aliphatic hydroxyl groups is 1. The van der Waals surface area contributed by atoms with Crippen molar-refractivity contribution in [2.75, 3.05) is 17.2 Å². The lowest BCUT2D eigenvalue weighted by Gasteiger charge is -2.16. The number of aryl methyl sites for hydroxylation is 1. The van der Waals surface area contributed by atoms with Crippen LogP contribution in [0.5, 0.6) is 0 Å². The molecule has 0 unspecified atom stereocenters. The van der Waals surface area contributed by atoms with Gasteiger partial charge in [0.2, 0.25) is 5.95 Å². The summed E-state index contributed by atoms with van der Waals surface area (Å²) in [5, 5.41) is 14.5. The van der Waals surface area contributed by atoms with E-state index in [-0.39, 0.29) is 18.4 Å². The van der Waals surface area contributed by atoms with Gasteiger partial charge in [0.15, 0.2) is 5.69 Å². The molecule has 0 spiro atoms. The third-order valence-electron chi connectivity index (χ3n) is 3.12. The van der Waals surface area contributed by atoms with Crippen LogP contribution in [0, 0.1) is 6.92 Å². The van der Waals surface area contributed by atoms with E-state index in [9.17, 15) is 13.2 Å². The Morgan fingerprint density at radius 2 is 1.96 bits per heavy atom. The summed E-state index contributed by atoms with van der Waals surface area (Å²) in [5.41, 5.74) is 0.406. The van der Waals surface area contributed by atoms with E-state index >= 15 is 0 Å². The first-order valence-corrected chi connectivity index (χ1v) is 7.85. The third-order valence-corrected chi connectivity index (χ3v) is 3.61. The zero-order valence-corrected chi connectivity index (χ0v) is 14.5. The maximum Gasteiger partial charge on any atom is 0.433 e. The van der Waals surface area contributed by atoms with Gasteiger partial charge in [0.1, 0.15) is 5.82 Å². The Labute approximate surface area is 145 Å². The number of nitrogens with one attached hydrogen (secondary N) is 2. The normalized spacial score (nSPS) is 12.8. The summed E-state index contributed by atoms with van der Waals surface area (Å²) < 4.78 is 40.0. The van der Waals surface area contributed by atoms with Crippen LogP contribution >= 0.6 is 15.9 Å². The second kappa shape index (κ2) is 7.35. The number of rotatable bonds is 5. The van der Waals surface area contributed by atoms with Gasteiger partial charge in [0.25, 0.3) is 0 Å². The largest absolute Gasteiger partial charge is 0.433 e. The molecule has 9 heteroatoms. The molecule has 0 aliphatic rings. The molecule has 0 bridgehead atoms. The molecule has 0 aliphatic heterocycles. The summed E-state index contributed by atoms with van der Waals surface area (Å²) in [6.07, 6.45) is -4.60.